The first-order chi connectivity index (χ1) is 12.5. The zero-order valence-corrected chi connectivity index (χ0v) is 16.0. The molecule has 0 saturated carbocycles. The van der Waals surface area contributed by atoms with E-state index in [0.717, 1.165) is 5.75 Å². The molecule has 1 aliphatic rings. The summed E-state index contributed by atoms with van der Waals surface area (Å²) in [6.45, 7) is 5.06. The maximum Gasteiger partial charge on any atom is 0.260 e. The fourth-order valence-electron chi connectivity index (χ4n) is 2.58. The Morgan fingerprint density at radius 3 is 2.62 bits per heavy atom. The van der Waals surface area contributed by atoms with Gasteiger partial charge < -0.3 is 10.1 Å². The number of halogens is 2. The van der Waals surface area contributed by atoms with Gasteiger partial charge in [-0.1, -0.05) is 29.3 Å². The number of aliphatic imine (C=N–C) groups is 1. The summed E-state index contributed by atoms with van der Waals surface area (Å²) in [5, 5.41) is 3.90. The van der Waals surface area contributed by atoms with Crippen LogP contribution in [-0.4, -0.2) is 36.0 Å². The van der Waals surface area contributed by atoms with Crippen LogP contribution in [-0.2, 0) is 0 Å². The Kier molecular flexibility index (Phi) is 5.69. The maximum absolute atomic E-state index is 12.8. The monoisotopic (exact) mass is 391 g/mol. The number of carbonyl (C=O) groups is 1. The number of guanidine groups is 1. The molecule has 2 aromatic carbocycles. The number of hydrogen-bond acceptors (Lipinski definition) is 3. The van der Waals surface area contributed by atoms with Gasteiger partial charge in [-0.3, -0.25) is 9.69 Å². The number of nitrogens with zero attached hydrogens (tertiary/aromatic N) is 2. The second-order valence-corrected chi connectivity index (χ2v) is 6.87. The molecule has 1 amide bonds. The van der Waals surface area contributed by atoms with Gasteiger partial charge in [-0.2, -0.15) is 0 Å². The topological polar surface area (TPSA) is 53.9 Å². The summed E-state index contributed by atoms with van der Waals surface area (Å²) in [6.07, 6.45) is 0.0838. The highest BCUT2D eigenvalue weighted by molar-refractivity contribution is 6.43. The Morgan fingerprint density at radius 1 is 1.19 bits per heavy atom. The number of nitrogens with one attached hydrogen (secondary N) is 1. The van der Waals surface area contributed by atoms with Crippen molar-refractivity contribution in [2.24, 2.45) is 4.99 Å². The fraction of sp³-hybridized carbons (Fsp3) is 0.263. The van der Waals surface area contributed by atoms with Crippen LogP contribution in [0.1, 0.15) is 24.2 Å². The van der Waals surface area contributed by atoms with Gasteiger partial charge in [0.1, 0.15) is 5.75 Å². The predicted molar refractivity (Wildman–Crippen MR) is 105 cm³/mol. The molecule has 0 radical (unpaired) electrons. The zero-order chi connectivity index (χ0) is 18.7. The van der Waals surface area contributed by atoms with Gasteiger partial charge in [-0.15, -0.1) is 0 Å². The molecule has 1 aliphatic heterocycles. The van der Waals surface area contributed by atoms with Crippen molar-refractivity contribution in [3.63, 3.8) is 0 Å². The molecule has 7 heteroatoms. The Morgan fingerprint density at radius 2 is 1.92 bits per heavy atom. The van der Waals surface area contributed by atoms with E-state index >= 15 is 0 Å². The van der Waals surface area contributed by atoms with Gasteiger partial charge in [-0.05, 0) is 50.2 Å². The van der Waals surface area contributed by atoms with Crippen LogP contribution in [0.3, 0.4) is 0 Å². The average molecular weight is 392 g/mol. The molecule has 1 heterocycles. The van der Waals surface area contributed by atoms with Crippen LogP contribution in [0.15, 0.2) is 47.5 Å². The highest BCUT2D eigenvalue weighted by Crippen LogP contribution is 2.32. The van der Waals surface area contributed by atoms with Crippen LogP contribution in [0.4, 0.5) is 5.69 Å². The SMILES string of the molecule is CC(C)Oc1ccc(C(=O)N2CCNC2=Nc2cccc(Cl)c2Cl)cc1. The lowest BCUT2D eigenvalue weighted by atomic mass is 10.2. The van der Waals surface area contributed by atoms with E-state index in [0.29, 0.717) is 40.3 Å². The fourth-order valence-corrected chi connectivity index (χ4v) is 2.91. The molecule has 0 bridgehead atoms. The van der Waals surface area contributed by atoms with E-state index in [1.165, 1.54) is 0 Å². The molecular weight excluding hydrogens is 373 g/mol. The van der Waals surface area contributed by atoms with Gasteiger partial charge in [0.15, 0.2) is 0 Å². The van der Waals surface area contributed by atoms with Crippen molar-refractivity contribution >= 4 is 40.8 Å². The number of hydrogen-bond donors (Lipinski definition) is 1. The van der Waals surface area contributed by atoms with Crippen molar-refractivity contribution in [3.05, 3.63) is 58.1 Å². The van der Waals surface area contributed by atoms with Crippen molar-refractivity contribution in [1.29, 1.82) is 0 Å². The van der Waals surface area contributed by atoms with E-state index in [1.54, 1.807) is 47.4 Å². The summed E-state index contributed by atoms with van der Waals surface area (Å²) in [5.74, 6) is 1.06. The minimum Gasteiger partial charge on any atom is -0.491 e. The van der Waals surface area contributed by atoms with Crippen LogP contribution in [0.2, 0.25) is 10.0 Å². The highest BCUT2D eigenvalue weighted by atomic mass is 35.5. The van der Waals surface area contributed by atoms with Gasteiger partial charge in [0, 0.05) is 18.7 Å². The first-order valence-corrected chi connectivity index (χ1v) is 9.06. The van der Waals surface area contributed by atoms with E-state index in [2.05, 4.69) is 10.3 Å². The second kappa shape index (κ2) is 7.98. The number of ether oxygens (including phenoxy) is 1. The van der Waals surface area contributed by atoms with Crippen molar-refractivity contribution in [3.8, 4) is 5.75 Å². The van der Waals surface area contributed by atoms with Crippen LogP contribution in [0.25, 0.3) is 0 Å². The molecule has 1 saturated heterocycles. The van der Waals surface area contributed by atoms with Crippen LogP contribution in [0.5, 0.6) is 5.75 Å². The minimum atomic E-state index is -0.136. The highest BCUT2D eigenvalue weighted by Gasteiger charge is 2.26. The molecule has 26 heavy (non-hydrogen) atoms. The second-order valence-electron chi connectivity index (χ2n) is 6.08. The molecule has 2 aromatic rings. The normalized spacial score (nSPS) is 15.4. The summed E-state index contributed by atoms with van der Waals surface area (Å²) in [6, 6.07) is 12.3. The van der Waals surface area contributed by atoms with E-state index in [1.807, 2.05) is 13.8 Å². The lowest BCUT2D eigenvalue weighted by Crippen LogP contribution is -2.35. The van der Waals surface area contributed by atoms with Gasteiger partial charge in [0.05, 0.1) is 21.8 Å². The van der Waals surface area contributed by atoms with Gasteiger partial charge in [-0.25, -0.2) is 4.99 Å². The van der Waals surface area contributed by atoms with E-state index in [4.69, 9.17) is 27.9 Å². The Hall–Kier alpha value is -2.24. The summed E-state index contributed by atoms with van der Waals surface area (Å²) in [7, 11) is 0. The van der Waals surface area contributed by atoms with Gasteiger partial charge >= 0.3 is 0 Å². The average Bonchev–Trinajstić information content (AvgIpc) is 3.07. The third-order valence-electron chi connectivity index (χ3n) is 3.75. The molecule has 0 atom stereocenters. The van der Waals surface area contributed by atoms with Crippen molar-refractivity contribution in [2.75, 3.05) is 13.1 Å². The first-order valence-electron chi connectivity index (χ1n) is 8.31. The summed E-state index contributed by atoms with van der Waals surface area (Å²) in [5.41, 5.74) is 1.08. The van der Waals surface area contributed by atoms with Crippen LogP contribution in [0, 0.1) is 0 Å². The Labute approximate surface area is 162 Å². The standard InChI is InChI=1S/C19H19Cl2N3O2/c1-12(2)26-14-8-6-13(7-9-14)18(25)24-11-10-22-19(24)23-16-5-3-4-15(20)17(16)21/h3-9,12H,10-11H2,1-2H3,(H,22,23). The largest absolute Gasteiger partial charge is 0.491 e. The van der Waals surface area contributed by atoms with Crippen LogP contribution < -0.4 is 10.1 Å². The lowest BCUT2D eigenvalue weighted by Gasteiger charge is -2.16. The number of amides is 1. The quantitative estimate of drug-likeness (QED) is 0.833. The van der Waals surface area contributed by atoms with Crippen LogP contribution >= 0.6 is 23.2 Å². The molecular formula is C19H19Cl2N3O2. The zero-order valence-electron chi connectivity index (χ0n) is 14.5. The van der Waals surface area contributed by atoms with Crippen molar-refractivity contribution in [2.45, 2.75) is 20.0 Å². The third-order valence-corrected chi connectivity index (χ3v) is 4.56. The first kappa shape index (κ1) is 18.5. The molecule has 1 N–H and O–H groups in total. The maximum atomic E-state index is 12.8. The molecule has 0 spiro atoms. The van der Waals surface area contributed by atoms with Crippen molar-refractivity contribution < 1.29 is 9.53 Å². The summed E-state index contributed by atoms with van der Waals surface area (Å²) < 4.78 is 5.61. The van der Waals surface area contributed by atoms with Gasteiger partial charge in [0.2, 0.25) is 5.96 Å². The van der Waals surface area contributed by atoms with Crippen molar-refractivity contribution in [1.82, 2.24) is 10.2 Å². The molecule has 0 aromatic heterocycles. The van der Waals surface area contributed by atoms with E-state index in [-0.39, 0.29) is 12.0 Å². The number of carbonyl (C=O) groups excluding carboxylic acids is 1. The molecule has 0 unspecified atom stereocenters. The molecule has 3 rings (SSSR count). The predicted octanol–water partition coefficient (Wildman–Crippen LogP) is 4.51. The molecule has 1 fully saturated rings. The number of benzene rings is 2. The molecule has 0 aliphatic carbocycles. The molecule has 136 valence electrons. The summed E-state index contributed by atoms with van der Waals surface area (Å²) in [4.78, 5) is 18.9. The molecule has 5 nitrogen and oxygen atoms in total. The third kappa shape index (κ3) is 4.11. The Bertz CT molecular complexity index is 835. The van der Waals surface area contributed by atoms with Gasteiger partial charge in [0.25, 0.3) is 5.91 Å². The number of rotatable bonds is 4. The summed E-state index contributed by atoms with van der Waals surface area (Å²) >= 11 is 12.2. The lowest BCUT2D eigenvalue weighted by molar-refractivity contribution is 0.0859. The Balaban J connectivity index is 1.82. The smallest absolute Gasteiger partial charge is 0.260 e. The minimum absolute atomic E-state index is 0.0838. The van der Waals surface area contributed by atoms with E-state index < -0.39 is 0 Å². The van der Waals surface area contributed by atoms with E-state index in [9.17, 15) is 4.79 Å².